The third kappa shape index (κ3) is 2.83. The first-order valence-corrected chi connectivity index (χ1v) is 5.79. The fraction of sp³-hybridized carbons (Fsp3) is 0.308. The van der Waals surface area contributed by atoms with Crippen molar-refractivity contribution in [2.45, 2.75) is 6.42 Å². The lowest BCUT2D eigenvalue weighted by Crippen LogP contribution is -2.24. The van der Waals surface area contributed by atoms with E-state index in [9.17, 15) is 9.59 Å². The Hall–Kier alpha value is -2.55. The number of nitrogens with one attached hydrogen (secondary N) is 2. The summed E-state index contributed by atoms with van der Waals surface area (Å²) in [5.74, 6) is -0.300. The first-order valence-electron chi connectivity index (χ1n) is 5.79. The summed E-state index contributed by atoms with van der Waals surface area (Å²) < 4.78 is 5.12. The Morgan fingerprint density at radius 1 is 1.58 bits per heavy atom. The minimum Gasteiger partial charge on any atom is -0.495 e. The molecule has 1 aliphatic heterocycles. The molecule has 0 aromatic heterocycles. The molecule has 0 spiro atoms. The Morgan fingerprint density at radius 3 is 2.95 bits per heavy atom. The van der Waals surface area contributed by atoms with Crippen molar-refractivity contribution in [3.05, 3.63) is 23.8 Å². The maximum atomic E-state index is 12.0. The van der Waals surface area contributed by atoms with Gasteiger partial charge in [-0.05, 0) is 12.1 Å². The van der Waals surface area contributed by atoms with Crippen LogP contribution in [0, 0.1) is 17.2 Å². The second-order valence-electron chi connectivity index (χ2n) is 4.22. The van der Waals surface area contributed by atoms with Gasteiger partial charge in [0.1, 0.15) is 5.75 Å². The number of nitriles is 1. The SMILES string of the molecule is COc1cc(C#N)ccc1NC(=O)C1CNC(=O)C1. The van der Waals surface area contributed by atoms with E-state index in [4.69, 9.17) is 10.00 Å². The number of benzene rings is 1. The van der Waals surface area contributed by atoms with Crippen LogP contribution < -0.4 is 15.4 Å². The molecule has 1 unspecified atom stereocenters. The standard InChI is InChI=1S/C13H13N3O3/c1-19-11-4-8(6-14)2-3-10(11)16-13(18)9-5-12(17)15-7-9/h2-4,9H,5,7H2,1H3,(H,15,17)(H,16,18). The molecular formula is C13H13N3O3. The third-order valence-corrected chi connectivity index (χ3v) is 2.94. The van der Waals surface area contributed by atoms with Crippen molar-refractivity contribution in [1.82, 2.24) is 5.32 Å². The lowest BCUT2D eigenvalue weighted by Gasteiger charge is -2.12. The highest BCUT2D eigenvalue weighted by atomic mass is 16.5. The van der Waals surface area contributed by atoms with Gasteiger partial charge in [0.15, 0.2) is 0 Å². The van der Waals surface area contributed by atoms with Crippen molar-refractivity contribution in [3.63, 3.8) is 0 Å². The number of ether oxygens (including phenoxy) is 1. The van der Waals surface area contributed by atoms with Crippen molar-refractivity contribution >= 4 is 17.5 Å². The van der Waals surface area contributed by atoms with Crippen molar-refractivity contribution in [1.29, 1.82) is 5.26 Å². The molecule has 1 heterocycles. The zero-order valence-electron chi connectivity index (χ0n) is 10.4. The molecule has 0 bridgehead atoms. The van der Waals surface area contributed by atoms with E-state index in [2.05, 4.69) is 10.6 Å². The van der Waals surface area contributed by atoms with Gasteiger partial charge in [-0.1, -0.05) is 0 Å². The molecule has 0 aliphatic carbocycles. The Morgan fingerprint density at radius 2 is 2.37 bits per heavy atom. The van der Waals surface area contributed by atoms with Crippen LogP contribution in [0.5, 0.6) is 5.75 Å². The highest BCUT2D eigenvalue weighted by Gasteiger charge is 2.28. The van der Waals surface area contributed by atoms with E-state index in [1.54, 1.807) is 18.2 Å². The predicted molar refractivity (Wildman–Crippen MR) is 67.5 cm³/mol. The average molecular weight is 259 g/mol. The minimum atomic E-state index is -0.368. The first-order chi connectivity index (χ1) is 9.13. The normalized spacial score (nSPS) is 17.5. The van der Waals surface area contributed by atoms with Crippen molar-refractivity contribution in [2.75, 3.05) is 19.0 Å². The van der Waals surface area contributed by atoms with Crippen molar-refractivity contribution < 1.29 is 14.3 Å². The molecule has 2 N–H and O–H groups in total. The number of rotatable bonds is 3. The van der Waals surface area contributed by atoms with Crippen LogP contribution in [0.4, 0.5) is 5.69 Å². The zero-order valence-corrected chi connectivity index (χ0v) is 10.4. The van der Waals surface area contributed by atoms with Crippen LogP contribution in [-0.4, -0.2) is 25.5 Å². The van der Waals surface area contributed by atoms with Gasteiger partial charge in [-0.25, -0.2) is 0 Å². The topological polar surface area (TPSA) is 91.2 Å². The molecule has 1 aromatic carbocycles. The Labute approximate surface area is 110 Å². The van der Waals surface area contributed by atoms with Gasteiger partial charge in [0, 0.05) is 19.0 Å². The Kier molecular flexibility index (Phi) is 3.66. The van der Waals surface area contributed by atoms with Gasteiger partial charge in [0.25, 0.3) is 0 Å². The van der Waals surface area contributed by atoms with Gasteiger partial charge in [-0.3, -0.25) is 9.59 Å². The fourth-order valence-corrected chi connectivity index (χ4v) is 1.89. The molecule has 1 atom stereocenters. The molecule has 0 saturated carbocycles. The summed E-state index contributed by atoms with van der Waals surface area (Å²) in [4.78, 5) is 23.0. The lowest BCUT2D eigenvalue weighted by atomic mass is 10.1. The Balaban J connectivity index is 2.12. The highest BCUT2D eigenvalue weighted by Crippen LogP contribution is 2.26. The molecule has 1 fully saturated rings. The molecule has 98 valence electrons. The molecule has 2 rings (SSSR count). The quantitative estimate of drug-likeness (QED) is 0.833. The van der Waals surface area contributed by atoms with Crippen LogP contribution in [0.25, 0.3) is 0 Å². The summed E-state index contributed by atoms with van der Waals surface area (Å²) in [5.41, 5.74) is 0.943. The largest absolute Gasteiger partial charge is 0.495 e. The molecule has 1 aliphatic rings. The van der Waals surface area contributed by atoms with Crippen LogP contribution in [-0.2, 0) is 9.59 Å². The maximum absolute atomic E-state index is 12.0. The number of hydrogen-bond acceptors (Lipinski definition) is 4. The van der Waals surface area contributed by atoms with Gasteiger partial charge in [0.05, 0.1) is 30.3 Å². The van der Waals surface area contributed by atoms with Crippen LogP contribution in [0.15, 0.2) is 18.2 Å². The third-order valence-electron chi connectivity index (χ3n) is 2.94. The second-order valence-corrected chi connectivity index (χ2v) is 4.22. The Bertz CT molecular complexity index is 563. The fourth-order valence-electron chi connectivity index (χ4n) is 1.89. The van der Waals surface area contributed by atoms with Crippen molar-refractivity contribution in [2.24, 2.45) is 5.92 Å². The first kappa shape index (κ1) is 12.9. The summed E-state index contributed by atoms with van der Waals surface area (Å²) in [6.07, 6.45) is 0.199. The van der Waals surface area contributed by atoms with Gasteiger partial charge >= 0.3 is 0 Å². The molecule has 1 aromatic rings. The molecule has 1 saturated heterocycles. The van der Waals surface area contributed by atoms with E-state index in [-0.39, 0.29) is 24.2 Å². The number of methoxy groups -OCH3 is 1. The van der Waals surface area contributed by atoms with E-state index >= 15 is 0 Å². The maximum Gasteiger partial charge on any atom is 0.229 e. The van der Waals surface area contributed by atoms with Crippen LogP contribution in [0.3, 0.4) is 0 Å². The van der Waals surface area contributed by atoms with Gasteiger partial charge < -0.3 is 15.4 Å². The molecule has 6 nitrogen and oxygen atoms in total. The predicted octanol–water partition coefficient (Wildman–Crippen LogP) is 0.641. The smallest absolute Gasteiger partial charge is 0.229 e. The number of carbonyl (C=O) groups excluding carboxylic acids is 2. The number of nitrogens with zero attached hydrogens (tertiary/aromatic N) is 1. The summed E-state index contributed by atoms with van der Waals surface area (Å²) in [6.45, 7) is 0.350. The summed E-state index contributed by atoms with van der Waals surface area (Å²) in [6, 6.07) is 6.75. The number of hydrogen-bond donors (Lipinski definition) is 2. The number of carbonyl (C=O) groups is 2. The van der Waals surface area contributed by atoms with Gasteiger partial charge in [-0.2, -0.15) is 5.26 Å². The molecule has 19 heavy (non-hydrogen) atoms. The lowest BCUT2D eigenvalue weighted by molar-refractivity contribution is -0.123. The highest BCUT2D eigenvalue weighted by molar-refractivity contribution is 5.98. The van der Waals surface area contributed by atoms with Crippen LogP contribution in [0.1, 0.15) is 12.0 Å². The summed E-state index contributed by atoms with van der Waals surface area (Å²) in [5, 5.41) is 14.1. The van der Waals surface area contributed by atoms with Crippen LogP contribution in [0.2, 0.25) is 0 Å². The average Bonchev–Trinajstić information content (AvgIpc) is 2.86. The second kappa shape index (κ2) is 5.40. The van der Waals surface area contributed by atoms with Gasteiger partial charge in [0.2, 0.25) is 11.8 Å². The van der Waals surface area contributed by atoms with E-state index in [1.165, 1.54) is 7.11 Å². The van der Waals surface area contributed by atoms with E-state index in [0.29, 0.717) is 23.5 Å². The van der Waals surface area contributed by atoms with Gasteiger partial charge in [-0.15, -0.1) is 0 Å². The molecular weight excluding hydrogens is 246 g/mol. The van der Waals surface area contributed by atoms with Crippen LogP contribution >= 0.6 is 0 Å². The minimum absolute atomic E-state index is 0.119. The van der Waals surface area contributed by atoms with E-state index < -0.39 is 0 Å². The number of anilines is 1. The molecule has 6 heteroatoms. The monoisotopic (exact) mass is 259 g/mol. The molecule has 0 radical (unpaired) electrons. The van der Waals surface area contributed by atoms with E-state index in [0.717, 1.165) is 0 Å². The van der Waals surface area contributed by atoms with Crippen molar-refractivity contribution in [3.8, 4) is 11.8 Å². The zero-order chi connectivity index (χ0) is 13.8. The summed E-state index contributed by atoms with van der Waals surface area (Å²) in [7, 11) is 1.47. The summed E-state index contributed by atoms with van der Waals surface area (Å²) >= 11 is 0. The van der Waals surface area contributed by atoms with E-state index in [1.807, 2.05) is 6.07 Å². The molecule has 2 amide bonds. The number of amides is 2.